The van der Waals surface area contributed by atoms with Crippen molar-refractivity contribution >= 4 is 22.6 Å². The number of aromatic nitrogens is 1. The van der Waals surface area contributed by atoms with Crippen molar-refractivity contribution in [3.63, 3.8) is 0 Å². The van der Waals surface area contributed by atoms with Gasteiger partial charge in [-0.05, 0) is 45.4 Å². The molecule has 21 heavy (non-hydrogen) atoms. The highest BCUT2D eigenvalue weighted by Gasteiger charge is 2.08. The summed E-state index contributed by atoms with van der Waals surface area (Å²) in [6.07, 6.45) is 1.47. The molecular formula is C17H22N2O2. The number of hydrogen-bond donors (Lipinski definition) is 1. The minimum atomic E-state index is -0.325. The lowest BCUT2D eigenvalue weighted by Gasteiger charge is -2.08. The number of rotatable bonds is 4. The summed E-state index contributed by atoms with van der Waals surface area (Å²) in [5.74, 6) is -0.325. The van der Waals surface area contributed by atoms with Gasteiger partial charge in [0.25, 0.3) is 0 Å². The molecule has 112 valence electrons. The SMILES string of the molecule is CCOC(=O)/C=C(\C)Nc1ccc2c(C)c(C)n(C)c2c1. The maximum absolute atomic E-state index is 11.4. The highest BCUT2D eigenvalue weighted by atomic mass is 16.5. The van der Waals surface area contributed by atoms with E-state index in [0.717, 1.165) is 11.4 Å². The summed E-state index contributed by atoms with van der Waals surface area (Å²) in [7, 11) is 2.07. The fourth-order valence-electron chi connectivity index (χ4n) is 2.46. The summed E-state index contributed by atoms with van der Waals surface area (Å²) < 4.78 is 7.08. The van der Waals surface area contributed by atoms with E-state index in [9.17, 15) is 4.79 Å². The quantitative estimate of drug-likeness (QED) is 0.689. The summed E-state index contributed by atoms with van der Waals surface area (Å²) in [6.45, 7) is 8.28. The van der Waals surface area contributed by atoms with Gasteiger partial charge in [0.05, 0.1) is 12.1 Å². The summed E-state index contributed by atoms with van der Waals surface area (Å²) in [5, 5.41) is 4.48. The Bertz CT molecular complexity index is 711. The Labute approximate surface area is 125 Å². The lowest BCUT2D eigenvalue weighted by atomic mass is 10.1. The second kappa shape index (κ2) is 6.04. The first kappa shape index (κ1) is 15.2. The Morgan fingerprint density at radius 2 is 2.10 bits per heavy atom. The van der Waals surface area contributed by atoms with Crippen LogP contribution in [0, 0.1) is 13.8 Å². The highest BCUT2D eigenvalue weighted by molar-refractivity contribution is 5.88. The van der Waals surface area contributed by atoms with Gasteiger partial charge in [-0.25, -0.2) is 4.79 Å². The molecule has 4 heteroatoms. The molecule has 1 N–H and O–H groups in total. The first-order chi connectivity index (χ1) is 9.93. The topological polar surface area (TPSA) is 43.3 Å². The predicted octanol–water partition coefficient (Wildman–Crippen LogP) is 3.67. The molecule has 4 nitrogen and oxygen atoms in total. The summed E-state index contributed by atoms with van der Waals surface area (Å²) in [5.41, 5.74) is 5.47. The van der Waals surface area contributed by atoms with E-state index in [-0.39, 0.29) is 5.97 Å². The van der Waals surface area contributed by atoms with Crippen molar-refractivity contribution < 1.29 is 9.53 Å². The van der Waals surface area contributed by atoms with E-state index in [4.69, 9.17) is 4.74 Å². The standard InChI is InChI=1S/C17H22N2O2/c1-6-21-17(20)9-11(2)18-14-7-8-15-12(3)13(4)19(5)16(15)10-14/h7-10,18H,6H2,1-5H3/b11-9+. The van der Waals surface area contributed by atoms with Crippen molar-refractivity contribution in [2.45, 2.75) is 27.7 Å². The molecule has 1 aromatic heterocycles. The van der Waals surface area contributed by atoms with Crippen LogP contribution in [0.15, 0.2) is 30.0 Å². The van der Waals surface area contributed by atoms with Crippen LogP contribution < -0.4 is 5.32 Å². The fraction of sp³-hybridized carbons (Fsp3) is 0.353. The Kier molecular flexibility index (Phi) is 4.36. The minimum absolute atomic E-state index is 0.325. The van der Waals surface area contributed by atoms with Crippen LogP contribution in [0.2, 0.25) is 0 Å². The Hall–Kier alpha value is -2.23. The monoisotopic (exact) mass is 286 g/mol. The summed E-state index contributed by atoms with van der Waals surface area (Å²) >= 11 is 0. The molecule has 1 aromatic carbocycles. The van der Waals surface area contributed by atoms with Gasteiger partial charge in [-0.1, -0.05) is 6.07 Å². The molecule has 0 radical (unpaired) electrons. The van der Waals surface area contributed by atoms with E-state index in [1.54, 1.807) is 6.92 Å². The molecule has 2 aromatic rings. The lowest BCUT2D eigenvalue weighted by Crippen LogP contribution is -2.04. The maximum Gasteiger partial charge on any atom is 0.332 e. The fourth-order valence-corrected chi connectivity index (χ4v) is 2.46. The van der Waals surface area contributed by atoms with Gasteiger partial charge >= 0.3 is 5.97 Å². The van der Waals surface area contributed by atoms with Crippen molar-refractivity contribution in [1.29, 1.82) is 0 Å². The first-order valence-electron chi connectivity index (χ1n) is 7.11. The van der Waals surface area contributed by atoms with E-state index in [0.29, 0.717) is 6.61 Å². The molecular weight excluding hydrogens is 264 g/mol. The number of benzene rings is 1. The van der Waals surface area contributed by atoms with Crippen LogP contribution in [0.4, 0.5) is 5.69 Å². The number of allylic oxidation sites excluding steroid dienone is 1. The normalized spacial score (nSPS) is 11.8. The van der Waals surface area contributed by atoms with Gasteiger partial charge in [-0.2, -0.15) is 0 Å². The van der Waals surface area contributed by atoms with Crippen LogP contribution in [0.3, 0.4) is 0 Å². The number of hydrogen-bond acceptors (Lipinski definition) is 3. The number of nitrogens with zero attached hydrogens (tertiary/aromatic N) is 1. The number of anilines is 1. The van der Waals surface area contributed by atoms with Gasteiger partial charge in [0.1, 0.15) is 0 Å². The van der Waals surface area contributed by atoms with Crippen LogP contribution in [0.1, 0.15) is 25.1 Å². The zero-order valence-corrected chi connectivity index (χ0v) is 13.3. The first-order valence-corrected chi connectivity index (χ1v) is 7.11. The zero-order valence-electron chi connectivity index (χ0n) is 13.3. The summed E-state index contributed by atoms with van der Waals surface area (Å²) in [6, 6.07) is 6.23. The van der Waals surface area contributed by atoms with Crippen molar-refractivity contribution in [3.8, 4) is 0 Å². The van der Waals surface area contributed by atoms with Crippen LogP contribution in [-0.4, -0.2) is 17.1 Å². The minimum Gasteiger partial charge on any atom is -0.463 e. The molecule has 0 aliphatic heterocycles. The second-order valence-electron chi connectivity index (χ2n) is 5.21. The van der Waals surface area contributed by atoms with E-state index in [2.05, 4.69) is 42.9 Å². The maximum atomic E-state index is 11.4. The molecule has 0 aliphatic carbocycles. The number of ether oxygens (including phenoxy) is 1. The highest BCUT2D eigenvalue weighted by Crippen LogP contribution is 2.27. The van der Waals surface area contributed by atoms with Gasteiger partial charge < -0.3 is 14.6 Å². The van der Waals surface area contributed by atoms with E-state index >= 15 is 0 Å². The number of aryl methyl sites for hydroxylation is 2. The van der Waals surface area contributed by atoms with Crippen molar-refractivity contribution in [3.05, 3.63) is 41.2 Å². The summed E-state index contributed by atoms with van der Waals surface area (Å²) in [4.78, 5) is 11.4. The van der Waals surface area contributed by atoms with Gasteiger partial charge in [0, 0.05) is 35.6 Å². The average molecular weight is 286 g/mol. The Morgan fingerprint density at radius 1 is 1.38 bits per heavy atom. The number of esters is 1. The largest absolute Gasteiger partial charge is 0.463 e. The van der Waals surface area contributed by atoms with E-state index in [1.807, 2.05) is 13.0 Å². The van der Waals surface area contributed by atoms with Crippen molar-refractivity contribution in [2.75, 3.05) is 11.9 Å². The second-order valence-corrected chi connectivity index (χ2v) is 5.21. The van der Waals surface area contributed by atoms with Crippen LogP contribution in [0.25, 0.3) is 10.9 Å². The zero-order chi connectivity index (χ0) is 15.6. The predicted molar refractivity (Wildman–Crippen MR) is 86.4 cm³/mol. The smallest absolute Gasteiger partial charge is 0.332 e. The molecule has 1 heterocycles. The Balaban J connectivity index is 2.28. The molecule has 0 fully saturated rings. The van der Waals surface area contributed by atoms with Gasteiger partial charge in [-0.3, -0.25) is 0 Å². The van der Waals surface area contributed by atoms with Crippen molar-refractivity contribution in [1.82, 2.24) is 4.57 Å². The molecule has 0 aliphatic rings. The molecule has 0 saturated carbocycles. The van der Waals surface area contributed by atoms with Crippen LogP contribution in [0.5, 0.6) is 0 Å². The number of nitrogens with one attached hydrogen (secondary N) is 1. The lowest BCUT2D eigenvalue weighted by molar-refractivity contribution is -0.137. The third-order valence-corrected chi connectivity index (χ3v) is 3.77. The number of fused-ring (bicyclic) bond motifs is 1. The van der Waals surface area contributed by atoms with Gasteiger partial charge in [-0.15, -0.1) is 0 Å². The Morgan fingerprint density at radius 3 is 2.76 bits per heavy atom. The van der Waals surface area contributed by atoms with Crippen LogP contribution >= 0.6 is 0 Å². The van der Waals surface area contributed by atoms with Crippen molar-refractivity contribution in [2.24, 2.45) is 7.05 Å². The third kappa shape index (κ3) is 3.10. The number of carbonyl (C=O) groups is 1. The van der Waals surface area contributed by atoms with Gasteiger partial charge in [0.15, 0.2) is 0 Å². The molecule has 2 rings (SSSR count). The average Bonchev–Trinajstić information content (AvgIpc) is 2.64. The molecule has 0 amide bonds. The number of carbonyl (C=O) groups excluding carboxylic acids is 1. The molecule has 0 unspecified atom stereocenters. The molecule has 0 spiro atoms. The molecule has 0 bridgehead atoms. The molecule has 0 atom stereocenters. The third-order valence-electron chi connectivity index (χ3n) is 3.77. The van der Waals surface area contributed by atoms with E-state index < -0.39 is 0 Å². The molecule has 0 saturated heterocycles. The van der Waals surface area contributed by atoms with E-state index in [1.165, 1.54) is 28.2 Å². The van der Waals surface area contributed by atoms with Crippen LogP contribution in [-0.2, 0) is 16.6 Å². The van der Waals surface area contributed by atoms with Gasteiger partial charge in [0.2, 0.25) is 0 Å².